The maximum atomic E-state index is 13.5. The first-order chi connectivity index (χ1) is 13.1. The maximum absolute atomic E-state index is 13.5. The Morgan fingerprint density at radius 3 is 2.85 bits per heavy atom. The van der Waals surface area contributed by atoms with Crippen molar-refractivity contribution in [3.63, 3.8) is 0 Å². The zero-order valence-corrected chi connectivity index (χ0v) is 15.9. The highest BCUT2D eigenvalue weighted by Gasteiger charge is 2.45. The highest BCUT2D eigenvalue weighted by Crippen LogP contribution is 2.50. The van der Waals surface area contributed by atoms with Crippen molar-refractivity contribution in [3.8, 4) is 11.5 Å². The number of aromatic nitrogens is 1. The molecule has 0 saturated heterocycles. The van der Waals surface area contributed by atoms with Gasteiger partial charge in [-0.05, 0) is 54.3 Å². The number of anilines is 1. The van der Waals surface area contributed by atoms with Crippen LogP contribution in [-0.2, 0) is 12.0 Å². The van der Waals surface area contributed by atoms with Crippen LogP contribution in [0.15, 0.2) is 42.6 Å². The van der Waals surface area contributed by atoms with Crippen LogP contribution in [0.1, 0.15) is 28.8 Å². The number of hydrogen-bond donors (Lipinski definition) is 1. The van der Waals surface area contributed by atoms with Gasteiger partial charge in [-0.1, -0.05) is 17.7 Å². The van der Waals surface area contributed by atoms with Gasteiger partial charge in [-0.3, -0.25) is 0 Å². The molecule has 0 bridgehead atoms. The summed E-state index contributed by atoms with van der Waals surface area (Å²) >= 11 is 7.75. The van der Waals surface area contributed by atoms with Crippen LogP contribution in [0.4, 0.5) is 9.52 Å². The second-order valence-electron chi connectivity index (χ2n) is 6.82. The minimum absolute atomic E-state index is 0.105. The number of ether oxygens (including phenoxy) is 2. The van der Waals surface area contributed by atoms with E-state index >= 15 is 0 Å². The molecule has 1 aliphatic heterocycles. The number of nitrogens with zero attached hydrogens (tertiary/aromatic N) is 1. The summed E-state index contributed by atoms with van der Waals surface area (Å²) in [4.78, 5) is 5.54. The molecule has 2 aliphatic rings. The second kappa shape index (κ2) is 6.39. The first-order valence-electron chi connectivity index (χ1n) is 8.68. The van der Waals surface area contributed by atoms with Crippen molar-refractivity contribution >= 4 is 28.1 Å². The first kappa shape index (κ1) is 16.8. The molecular weight excluding hydrogens is 387 g/mol. The monoisotopic (exact) mass is 402 g/mol. The van der Waals surface area contributed by atoms with Gasteiger partial charge in [-0.2, -0.15) is 0 Å². The Labute approximate surface area is 164 Å². The summed E-state index contributed by atoms with van der Waals surface area (Å²) in [6.07, 6.45) is 4.46. The van der Waals surface area contributed by atoms with Gasteiger partial charge in [0.25, 0.3) is 0 Å². The molecule has 1 N–H and O–H groups in total. The minimum Gasteiger partial charge on any atom is -0.454 e. The summed E-state index contributed by atoms with van der Waals surface area (Å²) in [5, 5.41) is 5.00. The molecule has 1 fully saturated rings. The Morgan fingerprint density at radius 1 is 1.15 bits per heavy atom. The Kier molecular flexibility index (Phi) is 3.98. The summed E-state index contributed by atoms with van der Waals surface area (Å²) in [5.41, 5.74) is 1.84. The highest BCUT2D eigenvalue weighted by atomic mass is 35.5. The molecule has 1 aromatic heterocycles. The summed E-state index contributed by atoms with van der Waals surface area (Å²) in [6, 6.07) is 10.5. The van der Waals surface area contributed by atoms with Crippen molar-refractivity contribution in [2.45, 2.75) is 24.8 Å². The molecule has 2 heterocycles. The number of benzene rings is 2. The first-order valence-corrected chi connectivity index (χ1v) is 9.88. The van der Waals surface area contributed by atoms with Crippen molar-refractivity contribution in [2.75, 3.05) is 12.1 Å². The Balaban J connectivity index is 1.34. The van der Waals surface area contributed by atoms with Crippen LogP contribution in [0.3, 0.4) is 0 Å². The lowest BCUT2D eigenvalue weighted by atomic mass is 10.0. The van der Waals surface area contributed by atoms with E-state index in [0.717, 1.165) is 39.9 Å². The van der Waals surface area contributed by atoms with E-state index in [2.05, 4.69) is 16.4 Å². The van der Waals surface area contributed by atoms with Gasteiger partial charge < -0.3 is 14.8 Å². The smallest absolute Gasteiger partial charge is 0.231 e. The molecule has 3 aromatic rings. The fourth-order valence-corrected chi connectivity index (χ4v) is 4.44. The minimum atomic E-state index is -0.281. The summed E-state index contributed by atoms with van der Waals surface area (Å²) in [6.45, 7) is 0.275. The van der Waals surface area contributed by atoms with Gasteiger partial charge in [0.05, 0.1) is 5.54 Å². The van der Waals surface area contributed by atoms with E-state index in [1.165, 1.54) is 17.7 Å². The number of nitrogens with one attached hydrogen (secondary N) is 1. The third kappa shape index (κ3) is 3.24. The fourth-order valence-electron chi connectivity index (χ4n) is 3.32. The third-order valence-corrected chi connectivity index (χ3v) is 6.23. The Morgan fingerprint density at radius 2 is 2.00 bits per heavy atom. The van der Waals surface area contributed by atoms with Gasteiger partial charge >= 0.3 is 0 Å². The molecule has 0 radical (unpaired) electrons. The SMILES string of the molecule is Fc1ccc(Cl)c(Cc2cnc(NC3(c4ccc5c(c4)OCO5)CC3)s2)c1. The van der Waals surface area contributed by atoms with E-state index in [-0.39, 0.29) is 18.1 Å². The van der Waals surface area contributed by atoms with Crippen LogP contribution in [0.2, 0.25) is 5.02 Å². The van der Waals surface area contributed by atoms with Crippen molar-refractivity contribution in [1.82, 2.24) is 4.98 Å². The Bertz CT molecular complexity index is 1020. The number of rotatable bonds is 5. The molecule has 1 saturated carbocycles. The Hall–Kier alpha value is -2.31. The molecule has 138 valence electrons. The molecule has 0 unspecified atom stereocenters. The van der Waals surface area contributed by atoms with Crippen LogP contribution in [0, 0.1) is 5.82 Å². The van der Waals surface area contributed by atoms with Gasteiger partial charge in [0.15, 0.2) is 16.6 Å². The van der Waals surface area contributed by atoms with E-state index in [1.807, 2.05) is 18.3 Å². The molecule has 1 aliphatic carbocycles. The molecule has 5 rings (SSSR count). The maximum Gasteiger partial charge on any atom is 0.231 e. The van der Waals surface area contributed by atoms with Crippen LogP contribution < -0.4 is 14.8 Å². The average Bonchev–Trinajstić information content (AvgIpc) is 3.08. The lowest BCUT2D eigenvalue weighted by Crippen LogP contribution is -2.18. The van der Waals surface area contributed by atoms with E-state index in [9.17, 15) is 4.39 Å². The lowest BCUT2D eigenvalue weighted by Gasteiger charge is -2.17. The van der Waals surface area contributed by atoms with Crippen molar-refractivity contribution in [1.29, 1.82) is 0 Å². The van der Waals surface area contributed by atoms with Crippen LogP contribution in [-0.4, -0.2) is 11.8 Å². The van der Waals surface area contributed by atoms with E-state index in [0.29, 0.717) is 11.4 Å². The number of halogens is 2. The third-order valence-electron chi connectivity index (χ3n) is 4.95. The number of hydrogen-bond acceptors (Lipinski definition) is 5. The predicted molar refractivity (Wildman–Crippen MR) is 103 cm³/mol. The van der Waals surface area contributed by atoms with E-state index < -0.39 is 0 Å². The quantitative estimate of drug-likeness (QED) is 0.624. The standard InChI is InChI=1S/C20H16ClFN2O2S/c21-16-3-2-14(22)7-12(16)8-15-10-23-19(27-15)24-20(5-6-20)13-1-4-17-18(9-13)26-11-25-17/h1-4,7,9-10H,5-6,8,11H2,(H,23,24). The van der Waals surface area contributed by atoms with E-state index in [4.69, 9.17) is 21.1 Å². The molecule has 4 nitrogen and oxygen atoms in total. The topological polar surface area (TPSA) is 43.4 Å². The van der Waals surface area contributed by atoms with Gasteiger partial charge in [0.2, 0.25) is 6.79 Å². The van der Waals surface area contributed by atoms with Gasteiger partial charge in [-0.25, -0.2) is 9.37 Å². The van der Waals surface area contributed by atoms with Crippen LogP contribution in [0.25, 0.3) is 0 Å². The van der Waals surface area contributed by atoms with Gasteiger partial charge in [-0.15, -0.1) is 11.3 Å². The van der Waals surface area contributed by atoms with Crippen LogP contribution in [0.5, 0.6) is 11.5 Å². The molecule has 0 amide bonds. The van der Waals surface area contributed by atoms with Crippen molar-refractivity contribution in [3.05, 3.63) is 69.4 Å². The molecule has 7 heteroatoms. The molecule has 0 atom stereocenters. The van der Waals surface area contributed by atoms with Crippen LogP contribution >= 0.6 is 22.9 Å². The largest absolute Gasteiger partial charge is 0.454 e. The molecule has 27 heavy (non-hydrogen) atoms. The normalized spacial score (nSPS) is 16.4. The summed E-state index contributed by atoms with van der Waals surface area (Å²) in [7, 11) is 0. The molecule has 2 aromatic carbocycles. The van der Waals surface area contributed by atoms with Crippen molar-refractivity contribution in [2.24, 2.45) is 0 Å². The lowest BCUT2D eigenvalue weighted by molar-refractivity contribution is 0.174. The van der Waals surface area contributed by atoms with Gasteiger partial charge in [0, 0.05) is 22.5 Å². The number of thiazole rings is 1. The van der Waals surface area contributed by atoms with E-state index in [1.54, 1.807) is 17.4 Å². The zero-order valence-electron chi connectivity index (χ0n) is 14.3. The number of fused-ring (bicyclic) bond motifs is 1. The highest BCUT2D eigenvalue weighted by molar-refractivity contribution is 7.15. The van der Waals surface area contributed by atoms with Gasteiger partial charge in [0.1, 0.15) is 5.82 Å². The average molecular weight is 403 g/mol. The van der Waals surface area contributed by atoms with Crippen molar-refractivity contribution < 1.29 is 13.9 Å². The second-order valence-corrected chi connectivity index (χ2v) is 8.34. The fraction of sp³-hybridized carbons (Fsp3) is 0.250. The molecule has 0 spiro atoms. The zero-order chi connectivity index (χ0) is 18.4. The summed E-state index contributed by atoms with van der Waals surface area (Å²) < 4.78 is 24.4. The predicted octanol–water partition coefficient (Wildman–Crippen LogP) is 5.36. The summed E-state index contributed by atoms with van der Waals surface area (Å²) in [5.74, 6) is 1.30. The molecular formula is C20H16ClFN2O2S.